The second-order valence-corrected chi connectivity index (χ2v) is 7.53. The first-order valence-corrected chi connectivity index (χ1v) is 8.59. The molecule has 2 aromatic heterocycles. The van der Waals surface area contributed by atoms with E-state index in [-0.39, 0.29) is 17.0 Å². The average molecular weight is 454 g/mol. The maximum absolute atomic E-state index is 12.6. The largest absolute Gasteiger partial charge is 0.501 e. The zero-order valence-electron chi connectivity index (χ0n) is 11.0. The van der Waals surface area contributed by atoms with E-state index in [2.05, 4.69) is 9.97 Å². The van der Waals surface area contributed by atoms with Crippen molar-refractivity contribution in [2.45, 2.75) is 10.4 Å². The van der Waals surface area contributed by atoms with Crippen LogP contribution in [0, 0.1) is 3.57 Å². The molecule has 0 aliphatic carbocycles. The zero-order chi connectivity index (χ0) is 16.8. The molecular formula is C13H6F3IN2O3S. The number of nitrogens with zero attached hydrogens (tertiary/aromatic N) is 2. The van der Waals surface area contributed by atoms with Gasteiger partial charge in [0.15, 0.2) is 5.58 Å². The summed E-state index contributed by atoms with van der Waals surface area (Å²) in [6.45, 7) is 0. The maximum atomic E-state index is 12.6. The molecule has 1 aromatic carbocycles. The molecule has 5 nitrogen and oxygen atoms in total. The fraction of sp³-hybridized carbons (Fsp3) is 0.0769. The fourth-order valence-corrected chi connectivity index (χ4v) is 3.21. The van der Waals surface area contributed by atoms with Gasteiger partial charge in [-0.25, -0.2) is 13.4 Å². The molecule has 0 radical (unpaired) electrons. The van der Waals surface area contributed by atoms with E-state index in [9.17, 15) is 21.6 Å². The van der Waals surface area contributed by atoms with Crippen LogP contribution in [0.15, 0.2) is 45.8 Å². The molecule has 0 spiro atoms. The topological polar surface area (TPSA) is 73.1 Å². The Morgan fingerprint density at radius 3 is 2.57 bits per heavy atom. The third-order valence-corrected chi connectivity index (χ3v) is 5.29. The molecule has 3 aromatic rings. The molecule has 10 heteroatoms. The summed E-state index contributed by atoms with van der Waals surface area (Å²) < 4.78 is 66.8. The molecule has 0 atom stereocenters. The van der Waals surface area contributed by atoms with Crippen molar-refractivity contribution in [3.63, 3.8) is 0 Å². The van der Waals surface area contributed by atoms with Gasteiger partial charge in [-0.1, -0.05) is 0 Å². The predicted molar refractivity (Wildman–Crippen MR) is 83.2 cm³/mol. The standard InChI is InChI=1S/C13H6F3IN2O3S/c14-13(15,16)23(20,21)7-3-4-10-9(6-7)19-12(22-10)11-8(17)2-1-5-18-11/h1-6H. The van der Waals surface area contributed by atoms with E-state index in [0.717, 1.165) is 21.8 Å². The summed E-state index contributed by atoms with van der Waals surface area (Å²) in [6.07, 6.45) is 1.52. The molecule has 0 aliphatic rings. The summed E-state index contributed by atoms with van der Waals surface area (Å²) in [5.41, 5.74) is -4.78. The molecule has 0 aliphatic heterocycles. The van der Waals surface area contributed by atoms with Crippen molar-refractivity contribution in [1.82, 2.24) is 9.97 Å². The molecule has 0 amide bonds. The van der Waals surface area contributed by atoms with Crippen molar-refractivity contribution >= 4 is 43.5 Å². The van der Waals surface area contributed by atoms with E-state index < -0.39 is 20.2 Å². The van der Waals surface area contributed by atoms with Gasteiger partial charge in [0.2, 0.25) is 5.89 Å². The van der Waals surface area contributed by atoms with Gasteiger partial charge in [0.25, 0.3) is 9.84 Å². The Balaban J connectivity index is 2.15. The smallest absolute Gasteiger partial charge is 0.435 e. The molecule has 120 valence electrons. The van der Waals surface area contributed by atoms with E-state index in [1.807, 2.05) is 22.6 Å². The molecule has 0 fully saturated rings. The summed E-state index contributed by atoms with van der Waals surface area (Å²) in [5.74, 6) is 0.103. The van der Waals surface area contributed by atoms with Crippen molar-refractivity contribution in [2.75, 3.05) is 0 Å². The minimum Gasteiger partial charge on any atom is -0.435 e. The minimum atomic E-state index is -5.43. The molecule has 0 unspecified atom stereocenters. The molecule has 0 saturated heterocycles. The summed E-state index contributed by atoms with van der Waals surface area (Å²) in [7, 11) is -5.43. The van der Waals surface area contributed by atoms with Gasteiger partial charge < -0.3 is 4.42 Å². The van der Waals surface area contributed by atoms with Gasteiger partial charge in [0.1, 0.15) is 11.2 Å². The Bertz CT molecular complexity index is 999. The van der Waals surface area contributed by atoms with Crippen molar-refractivity contribution in [2.24, 2.45) is 0 Å². The number of hydrogen-bond acceptors (Lipinski definition) is 5. The molecule has 0 saturated carbocycles. The molecule has 2 heterocycles. The van der Waals surface area contributed by atoms with Crippen LogP contribution in [0.1, 0.15) is 0 Å². The van der Waals surface area contributed by atoms with Crippen LogP contribution >= 0.6 is 22.6 Å². The van der Waals surface area contributed by atoms with Crippen LogP contribution in [0.5, 0.6) is 0 Å². The molecule has 23 heavy (non-hydrogen) atoms. The van der Waals surface area contributed by atoms with Crippen LogP contribution < -0.4 is 0 Å². The van der Waals surface area contributed by atoms with Crippen LogP contribution in [0.25, 0.3) is 22.7 Å². The monoisotopic (exact) mass is 454 g/mol. The number of alkyl halides is 3. The number of aromatic nitrogens is 2. The number of pyridine rings is 1. The molecular weight excluding hydrogens is 448 g/mol. The van der Waals surface area contributed by atoms with Gasteiger partial charge in [-0.3, -0.25) is 4.98 Å². The highest BCUT2D eigenvalue weighted by molar-refractivity contribution is 14.1. The second kappa shape index (κ2) is 5.44. The quantitative estimate of drug-likeness (QED) is 0.552. The molecule has 0 N–H and O–H groups in total. The lowest BCUT2D eigenvalue weighted by molar-refractivity contribution is -0.0435. The molecule has 3 rings (SSSR count). The summed E-state index contributed by atoms with van der Waals surface area (Å²) in [4.78, 5) is 7.25. The van der Waals surface area contributed by atoms with Crippen LogP contribution in [-0.4, -0.2) is 23.9 Å². The Morgan fingerprint density at radius 1 is 1.17 bits per heavy atom. The van der Waals surface area contributed by atoms with Gasteiger partial charge >= 0.3 is 5.51 Å². The van der Waals surface area contributed by atoms with Crippen molar-refractivity contribution in [3.8, 4) is 11.6 Å². The number of halogens is 4. The number of benzene rings is 1. The summed E-state index contributed by atoms with van der Waals surface area (Å²) in [5, 5.41) is 0. The van der Waals surface area contributed by atoms with E-state index in [4.69, 9.17) is 4.42 Å². The fourth-order valence-electron chi connectivity index (χ4n) is 1.85. The maximum Gasteiger partial charge on any atom is 0.501 e. The predicted octanol–water partition coefficient (Wildman–Crippen LogP) is 3.79. The van der Waals surface area contributed by atoms with Gasteiger partial charge in [0, 0.05) is 9.77 Å². The number of sulfone groups is 1. The number of oxazole rings is 1. The van der Waals surface area contributed by atoms with Crippen molar-refractivity contribution in [1.29, 1.82) is 0 Å². The zero-order valence-corrected chi connectivity index (χ0v) is 14.0. The first-order valence-electron chi connectivity index (χ1n) is 6.03. The summed E-state index contributed by atoms with van der Waals surface area (Å²) in [6, 6.07) is 6.28. The Hall–Kier alpha value is -1.69. The number of rotatable bonds is 2. The number of hydrogen-bond donors (Lipinski definition) is 0. The Morgan fingerprint density at radius 2 is 1.91 bits per heavy atom. The lowest BCUT2D eigenvalue weighted by atomic mass is 10.3. The third kappa shape index (κ3) is 2.80. The highest BCUT2D eigenvalue weighted by Gasteiger charge is 2.47. The Labute approximate surface area is 141 Å². The van der Waals surface area contributed by atoms with Gasteiger partial charge in [-0.2, -0.15) is 13.2 Å². The third-order valence-electron chi connectivity index (χ3n) is 2.94. The lowest BCUT2D eigenvalue weighted by Crippen LogP contribution is -2.23. The van der Waals surface area contributed by atoms with E-state index in [0.29, 0.717) is 5.69 Å². The second-order valence-electron chi connectivity index (χ2n) is 4.43. The number of fused-ring (bicyclic) bond motifs is 1. The van der Waals surface area contributed by atoms with Crippen LogP contribution in [0.4, 0.5) is 13.2 Å². The Kier molecular flexibility index (Phi) is 3.83. The highest BCUT2D eigenvalue weighted by Crippen LogP contribution is 2.33. The van der Waals surface area contributed by atoms with E-state index in [1.165, 1.54) is 6.20 Å². The van der Waals surface area contributed by atoms with Gasteiger partial charge in [-0.15, -0.1) is 0 Å². The first kappa shape index (κ1) is 16.2. The summed E-state index contributed by atoms with van der Waals surface area (Å²) >= 11 is 2.01. The average Bonchev–Trinajstić information content (AvgIpc) is 2.89. The van der Waals surface area contributed by atoms with E-state index in [1.54, 1.807) is 12.1 Å². The highest BCUT2D eigenvalue weighted by atomic mass is 127. The van der Waals surface area contributed by atoms with Crippen LogP contribution in [0.2, 0.25) is 0 Å². The van der Waals surface area contributed by atoms with Gasteiger partial charge in [-0.05, 0) is 52.9 Å². The van der Waals surface area contributed by atoms with Gasteiger partial charge in [0.05, 0.1) is 4.90 Å². The lowest BCUT2D eigenvalue weighted by Gasteiger charge is -2.07. The van der Waals surface area contributed by atoms with Crippen molar-refractivity contribution in [3.05, 3.63) is 40.1 Å². The SMILES string of the molecule is O=S(=O)(c1ccc2oc(-c3ncccc3I)nc2c1)C(F)(F)F. The van der Waals surface area contributed by atoms with Crippen LogP contribution in [-0.2, 0) is 9.84 Å². The first-order chi connectivity index (χ1) is 10.7. The minimum absolute atomic E-state index is 0.00628. The van der Waals surface area contributed by atoms with Crippen molar-refractivity contribution < 1.29 is 26.0 Å². The van der Waals surface area contributed by atoms with E-state index >= 15 is 0 Å². The van der Waals surface area contributed by atoms with Crippen LogP contribution in [0.3, 0.4) is 0 Å². The molecule has 0 bridgehead atoms. The normalized spacial score (nSPS) is 12.7.